The van der Waals surface area contributed by atoms with Gasteiger partial charge in [0.15, 0.2) is 0 Å². The summed E-state index contributed by atoms with van der Waals surface area (Å²) in [6.07, 6.45) is 3.64. The Bertz CT molecular complexity index is 554. The number of aromatic nitrogens is 2. The Kier molecular flexibility index (Phi) is 4.20. The van der Waals surface area contributed by atoms with E-state index in [2.05, 4.69) is 10.4 Å². The van der Waals surface area contributed by atoms with Crippen LogP contribution in [0.1, 0.15) is 31.9 Å². The maximum absolute atomic E-state index is 12.3. The molecule has 2 rings (SSSR count). The van der Waals surface area contributed by atoms with Crippen molar-refractivity contribution in [3.05, 3.63) is 11.9 Å². The van der Waals surface area contributed by atoms with Crippen molar-refractivity contribution >= 4 is 17.7 Å². The lowest BCUT2D eigenvalue weighted by Gasteiger charge is -2.24. The maximum atomic E-state index is 12.3. The summed E-state index contributed by atoms with van der Waals surface area (Å²) in [5.74, 6) is -0.808. The lowest BCUT2D eigenvalue weighted by Crippen LogP contribution is -2.38. The van der Waals surface area contributed by atoms with Crippen LogP contribution in [-0.4, -0.2) is 44.9 Å². The van der Waals surface area contributed by atoms with E-state index < -0.39 is 11.4 Å². The lowest BCUT2D eigenvalue weighted by atomic mass is 9.83. The van der Waals surface area contributed by atoms with Crippen molar-refractivity contribution < 1.29 is 14.7 Å². The highest BCUT2D eigenvalue weighted by atomic mass is 16.4. The van der Waals surface area contributed by atoms with E-state index in [1.807, 2.05) is 13.8 Å². The van der Waals surface area contributed by atoms with Crippen LogP contribution in [0.5, 0.6) is 0 Å². The second-order valence-electron chi connectivity index (χ2n) is 5.74. The number of hydrogen-bond donors (Lipinski definition) is 2. The van der Waals surface area contributed by atoms with Crippen LogP contribution in [0.4, 0.5) is 10.5 Å². The molecule has 2 N–H and O–H groups in total. The number of carboxylic acid groups (broad SMARTS) is 1. The van der Waals surface area contributed by atoms with Gasteiger partial charge in [0.1, 0.15) is 0 Å². The Morgan fingerprint density at radius 1 is 1.52 bits per heavy atom. The van der Waals surface area contributed by atoms with E-state index in [4.69, 9.17) is 0 Å². The van der Waals surface area contributed by atoms with E-state index in [0.717, 1.165) is 12.1 Å². The smallest absolute Gasteiger partial charge is 0.321 e. The van der Waals surface area contributed by atoms with Crippen molar-refractivity contribution in [2.24, 2.45) is 12.5 Å². The molecule has 1 aromatic heterocycles. The third-order valence-corrected chi connectivity index (χ3v) is 4.08. The number of aliphatic carboxylic acids is 1. The molecule has 1 aliphatic rings. The molecule has 7 heteroatoms. The molecule has 7 nitrogen and oxygen atoms in total. The first-order valence-corrected chi connectivity index (χ1v) is 7.17. The quantitative estimate of drug-likeness (QED) is 0.887. The Morgan fingerprint density at radius 3 is 2.76 bits per heavy atom. The lowest BCUT2D eigenvalue weighted by molar-refractivity contribution is -0.148. The molecule has 1 aliphatic heterocycles. The molecule has 2 amide bonds. The van der Waals surface area contributed by atoms with Crippen LogP contribution >= 0.6 is 0 Å². The maximum Gasteiger partial charge on any atom is 0.321 e. The number of carboxylic acids is 1. The molecular weight excluding hydrogens is 272 g/mol. The third-order valence-electron chi connectivity index (χ3n) is 4.08. The normalized spacial score (nSPS) is 21.6. The van der Waals surface area contributed by atoms with Gasteiger partial charge >= 0.3 is 12.0 Å². The van der Waals surface area contributed by atoms with Gasteiger partial charge in [-0.15, -0.1) is 0 Å². The van der Waals surface area contributed by atoms with Crippen LogP contribution in [0, 0.1) is 12.3 Å². The zero-order valence-electron chi connectivity index (χ0n) is 12.7. The minimum Gasteiger partial charge on any atom is -0.481 e. The van der Waals surface area contributed by atoms with E-state index in [0.29, 0.717) is 25.1 Å². The number of nitrogens with one attached hydrogen (secondary N) is 1. The van der Waals surface area contributed by atoms with E-state index in [1.54, 1.807) is 22.8 Å². The zero-order chi connectivity index (χ0) is 15.6. The van der Waals surface area contributed by atoms with Gasteiger partial charge in [-0.05, 0) is 19.8 Å². The van der Waals surface area contributed by atoms with Gasteiger partial charge in [-0.2, -0.15) is 5.10 Å². The van der Waals surface area contributed by atoms with E-state index in [9.17, 15) is 14.7 Å². The van der Waals surface area contributed by atoms with Crippen molar-refractivity contribution in [3.8, 4) is 0 Å². The number of hydrogen-bond acceptors (Lipinski definition) is 3. The second kappa shape index (κ2) is 5.75. The van der Waals surface area contributed by atoms with Gasteiger partial charge in [-0.1, -0.05) is 13.3 Å². The fourth-order valence-corrected chi connectivity index (χ4v) is 2.93. The van der Waals surface area contributed by atoms with Crippen LogP contribution in [0.2, 0.25) is 0 Å². The number of rotatable bonds is 4. The van der Waals surface area contributed by atoms with Crippen LogP contribution in [0.3, 0.4) is 0 Å². The first kappa shape index (κ1) is 15.3. The van der Waals surface area contributed by atoms with Gasteiger partial charge in [0.25, 0.3) is 0 Å². The molecule has 1 atom stereocenters. The average Bonchev–Trinajstić information content (AvgIpc) is 2.95. The molecule has 0 aliphatic carbocycles. The van der Waals surface area contributed by atoms with E-state index >= 15 is 0 Å². The Balaban J connectivity index is 2.05. The highest BCUT2D eigenvalue weighted by Crippen LogP contribution is 2.35. The summed E-state index contributed by atoms with van der Waals surface area (Å²) < 4.78 is 1.63. The zero-order valence-corrected chi connectivity index (χ0v) is 12.7. The fourth-order valence-electron chi connectivity index (χ4n) is 2.93. The molecule has 1 saturated heterocycles. The molecule has 1 fully saturated rings. The minimum absolute atomic E-state index is 0.259. The summed E-state index contributed by atoms with van der Waals surface area (Å²) in [4.78, 5) is 25.4. The molecule has 116 valence electrons. The van der Waals surface area contributed by atoms with Crippen molar-refractivity contribution in [1.29, 1.82) is 0 Å². The molecule has 0 bridgehead atoms. The number of anilines is 1. The first-order valence-electron chi connectivity index (χ1n) is 7.17. The highest BCUT2D eigenvalue weighted by Gasteiger charge is 2.45. The van der Waals surface area contributed by atoms with Gasteiger partial charge in [-0.25, -0.2) is 4.79 Å². The average molecular weight is 294 g/mol. The molecular formula is C14H22N4O3. The molecule has 21 heavy (non-hydrogen) atoms. The van der Waals surface area contributed by atoms with Crippen LogP contribution in [0.25, 0.3) is 0 Å². The second-order valence-corrected chi connectivity index (χ2v) is 5.74. The van der Waals surface area contributed by atoms with Crippen molar-refractivity contribution in [3.63, 3.8) is 0 Å². The summed E-state index contributed by atoms with van der Waals surface area (Å²) in [5, 5.41) is 16.4. The molecule has 0 aromatic carbocycles. The highest BCUT2D eigenvalue weighted by molar-refractivity contribution is 5.90. The molecule has 2 heterocycles. The molecule has 0 spiro atoms. The Labute approximate surface area is 123 Å². The predicted octanol–water partition coefficient (Wildman–Crippen LogP) is 1.84. The standard InChI is InChI=1S/C14H22N4O3/c1-4-5-14(12(19)20)6-7-18(9-14)13(21)15-11-8-17(3)16-10(11)2/h8H,4-7,9H2,1-3H3,(H,15,21)(H,19,20). The molecule has 0 radical (unpaired) electrons. The van der Waals surface area contributed by atoms with Gasteiger partial charge in [-0.3, -0.25) is 9.48 Å². The van der Waals surface area contributed by atoms with Crippen molar-refractivity contribution in [2.75, 3.05) is 18.4 Å². The summed E-state index contributed by atoms with van der Waals surface area (Å²) >= 11 is 0. The van der Waals surface area contributed by atoms with Crippen molar-refractivity contribution in [2.45, 2.75) is 33.1 Å². The molecule has 1 unspecified atom stereocenters. The topological polar surface area (TPSA) is 87.5 Å². The minimum atomic E-state index is -0.808. The SMILES string of the molecule is CCCC1(C(=O)O)CCN(C(=O)Nc2cn(C)nc2C)C1. The monoisotopic (exact) mass is 294 g/mol. The number of nitrogens with zero attached hydrogens (tertiary/aromatic N) is 3. The predicted molar refractivity (Wildman–Crippen MR) is 78.1 cm³/mol. The van der Waals surface area contributed by atoms with Gasteiger partial charge in [0.2, 0.25) is 0 Å². The van der Waals surface area contributed by atoms with E-state index in [-0.39, 0.29) is 12.6 Å². The van der Waals surface area contributed by atoms with Gasteiger partial charge < -0.3 is 15.3 Å². The number of likely N-dealkylation sites (tertiary alicyclic amines) is 1. The largest absolute Gasteiger partial charge is 0.481 e. The first-order chi connectivity index (χ1) is 9.88. The number of urea groups is 1. The summed E-state index contributed by atoms with van der Waals surface area (Å²) in [6.45, 7) is 4.52. The Hall–Kier alpha value is -2.05. The van der Waals surface area contributed by atoms with Gasteiger partial charge in [0.05, 0.1) is 16.8 Å². The summed E-state index contributed by atoms with van der Waals surface area (Å²) in [5.41, 5.74) is 0.602. The van der Waals surface area contributed by atoms with Crippen molar-refractivity contribution in [1.82, 2.24) is 14.7 Å². The van der Waals surface area contributed by atoms with E-state index in [1.165, 1.54) is 0 Å². The van der Waals surface area contributed by atoms with Crippen LogP contribution in [0.15, 0.2) is 6.20 Å². The number of amides is 2. The molecule has 0 saturated carbocycles. The third kappa shape index (κ3) is 3.01. The molecule has 1 aromatic rings. The Morgan fingerprint density at radius 2 is 2.24 bits per heavy atom. The number of carbonyl (C=O) groups is 2. The van der Waals surface area contributed by atoms with Crippen LogP contribution in [-0.2, 0) is 11.8 Å². The number of carbonyl (C=O) groups excluding carboxylic acids is 1. The summed E-state index contributed by atoms with van der Waals surface area (Å²) in [6, 6.07) is -0.259. The van der Waals surface area contributed by atoms with Crippen LogP contribution < -0.4 is 5.32 Å². The van der Waals surface area contributed by atoms with Gasteiger partial charge in [0, 0.05) is 26.3 Å². The number of aryl methyl sites for hydroxylation is 2. The fraction of sp³-hybridized carbons (Fsp3) is 0.643. The summed E-state index contributed by atoms with van der Waals surface area (Å²) in [7, 11) is 1.79.